The van der Waals surface area contributed by atoms with Crippen LogP contribution in [0.3, 0.4) is 0 Å². The third-order valence-corrected chi connectivity index (χ3v) is 12.6. The highest BCUT2D eigenvalue weighted by Crippen LogP contribution is 2.68. The van der Waals surface area contributed by atoms with Gasteiger partial charge in [0.2, 0.25) is 0 Å². The summed E-state index contributed by atoms with van der Waals surface area (Å²) >= 11 is 4.44. The molecule has 1 nitrogen and oxygen atoms in total. The summed E-state index contributed by atoms with van der Waals surface area (Å²) in [5.74, 6) is 5.91. The van der Waals surface area contributed by atoms with Crippen molar-refractivity contribution in [2.75, 3.05) is 11.5 Å². The Morgan fingerprint density at radius 1 is 1.00 bits per heavy atom. The summed E-state index contributed by atoms with van der Waals surface area (Å²) in [6.07, 6.45) is 11.8. The van der Waals surface area contributed by atoms with E-state index in [1.807, 2.05) is 5.57 Å². The monoisotopic (exact) mass is 378 g/mol. The summed E-state index contributed by atoms with van der Waals surface area (Å²) in [5, 5.41) is 10.7. The van der Waals surface area contributed by atoms with Crippen molar-refractivity contribution in [3.63, 3.8) is 0 Å². The van der Waals surface area contributed by atoms with Gasteiger partial charge in [0.1, 0.15) is 0 Å². The van der Waals surface area contributed by atoms with Gasteiger partial charge in [-0.15, -0.1) is 23.5 Å². The van der Waals surface area contributed by atoms with Crippen LogP contribution in [-0.4, -0.2) is 26.8 Å². The highest BCUT2D eigenvalue weighted by Gasteiger charge is 2.60. The van der Waals surface area contributed by atoms with Gasteiger partial charge in [-0.3, -0.25) is 0 Å². The molecule has 0 unspecified atom stereocenters. The molecule has 5 aliphatic rings. The smallest absolute Gasteiger partial charge is 0.0795 e. The van der Waals surface area contributed by atoms with E-state index in [2.05, 4.69) is 50.4 Å². The van der Waals surface area contributed by atoms with Gasteiger partial charge in [-0.1, -0.05) is 32.4 Å². The summed E-state index contributed by atoms with van der Waals surface area (Å²) in [6, 6.07) is 0. The second-order valence-electron chi connectivity index (χ2n) is 10.2. The van der Waals surface area contributed by atoms with Crippen LogP contribution < -0.4 is 0 Å². The molecule has 140 valence electrons. The van der Waals surface area contributed by atoms with Gasteiger partial charge in [0.25, 0.3) is 0 Å². The predicted octanol–water partition coefficient (Wildman–Crippen LogP) is 5.73. The van der Waals surface area contributed by atoms with E-state index in [-0.39, 0.29) is 11.5 Å². The summed E-state index contributed by atoms with van der Waals surface area (Å²) in [6.45, 7) is 7.55. The molecule has 1 N–H and O–H groups in total. The Hall–Kier alpha value is 0.400. The molecule has 0 bridgehead atoms. The molecule has 0 radical (unpaired) electrons. The molecule has 1 aliphatic heterocycles. The zero-order valence-corrected chi connectivity index (χ0v) is 17.7. The molecule has 3 heteroatoms. The summed E-state index contributed by atoms with van der Waals surface area (Å²) < 4.78 is 0.419. The maximum Gasteiger partial charge on any atom is 0.0795 e. The molecule has 7 atom stereocenters. The standard InChI is InChI=1S/C22H34OS2/c1-14-12-15-16-4-5-19(23)21(16,3)7-6-17(15)20(2)8-9-22(13-18(14)20)24-10-11-25-22/h13-17,19,23H,4-12H2,1-3H3/t14-,15+,16+,17+,19+,20-,21+/m1/s1. The third-order valence-electron chi connectivity index (χ3n) is 9.17. The lowest BCUT2D eigenvalue weighted by Crippen LogP contribution is -2.53. The zero-order chi connectivity index (χ0) is 17.4. The Balaban J connectivity index is 1.51. The molecule has 5 rings (SSSR count). The minimum absolute atomic E-state index is 0.0422. The van der Waals surface area contributed by atoms with E-state index in [9.17, 15) is 5.11 Å². The second kappa shape index (κ2) is 5.70. The van der Waals surface area contributed by atoms with Crippen LogP contribution in [0.25, 0.3) is 0 Å². The minimum Gasteiger partial charge on any atom is -0.393 e. The van der Waals surface area contributed by atoms with Gasteiger partial charge in [0, 0.05) is 11.5 Å². The minimum atomic E-state index is -0.0422. The first-order valence-corrected chi connectivity index (χ1v) is 12.5. The van der Waals surface area contributed by atoms with Crippen molar-refractivity contribution in [1.82, 2.24) is 0 Å². The maximum absolute atomic E-state index is 10.7. The molecule has 0 aromatic carbocycles. The fraction of sp³-hybridized carbons (Fsp3) is 0.909. The molecule has 4 fully saturated rings. The van der Waals surface area contributed by atoms with Gasteiger partial charge in [0.15, 0.2) is 0 Å². The van der Waals surface area contributed by atoms with Gasteiger partial charge in [-0.25, -0.2) is 0 Å². The number of thioether (sulfide) groups is 2. The van der Waals surface area contributed by atoms with Crippen LogP contribution in [0.5, 0.6) is 0 Å². The highest BCUT2D eigenvalue weighted by molar-refractivity contribution is 8.21. The highest BCUT2D eigenvalue weighted by atomic mass is 32.2. The Bertz CT molecular complexity index is 595. The molecule has 0 amide bonds. The van der Waals surface area contributed by atoms with E-state index in [4.69, 9.17) is 0 Å². The Morgan fingerprint density at radius 3 is 2.52 bits per heavy atom. The summed E-state index contributed by atoms with van der Waals surface area (Å²) in [4.78, 5) is 0. The van der Waals surface area contributed by atoms with Crippen LogP contribution in [0.2, 0.25) is 0 Å². The number of allylic oxidation sites excluding steroid dienone is 1. The average molecular weight is 379 g/mol. The number of fused-ring (bicyclic) bond motifs is 5. The maximum atomic E-state index is 10.7. The molecule has 4 aliphatic carbocycles. The van der Waals surface area contributed by atoms with Crippen molar-refractivity contribution in [2.45, 2.75) is 75.9 Å². The van der Waals surface area contributed by atoms with Crippen molar-refractivity contribution in [3.8, 4) is 0 Å². The van der Waals surface area contributed by atoms with Crippen molar-refractivity contribution < 1.29 is 5.11 Å². The predicted molar refractivity (Wildman–Crippen MR) is 110 cm³/mol. The quantitative estimate of drug-likeness (QED) is 0.543. The van der Waals surface area contributed by atoms with Crippen LogP contribution in [0, 0.1) is 34.5 Å². The van der Waals surface area contributed by atoms with Crippen molar-refractivity contribution >= 4 is 23.5 Å². The largest absolute Gasteiger partial charge is 0.393 e. The van der Waals surface area contributed by atoms with Crippen LogP contribution in [0.1, 0.15) is 65.7 Å². The van der Waals surface area contributed by atoms with Crippen LogP contribution >= 0.6 is 23.5 Å². The molecule has 25 heavy (non-hydrogen) atoms. The lowest BCUT2D eigenvalue weighted by molar-refractivity contribution is -0.0812. The lowest BCUT2D eigenvalue weighted by Gasteiger charge is -2.60. The van der Waals surface area contributed by atoms with Gasteiger partial charge in [0.05, 0.1) is 10.2 Å². The van der Waals surface area contributed by atoms with Crippen LogP contribution in [0.4, 0.5) is 0 Å². The molecule has 0 aromatic heterocycles. The van der Waals surface area contributed by atoms with E-state index in [0.29, 0.717) is 9.49 Å². The first kappa shape index (κ1) is 17.5. The molecule has 1 saturated heterocycles. The van der Waals surface area contributed by atoms with Gasteiger partial charge >= 0.3 is 0 Å². The molecule has 0 aromatic rings. The number of hydrogen-bond acceptors (Lipinski definition) is 3. The third kappa shape index (κ3) is 2.34. The Kier molecular flexibility index (Phi) is 3.99. The normalized spacial score (nSPS) is 53.9. The van der Waals surface area contributed by atoms with Crippen molar-refractivity contribution in [1.29, 1.82) is 0 Å². The van der Waals surface area contributed by atoms with E-state index in [1.54, 1.807) is 0 Å². The second-order valence-corrected chi connectivity index (χ2v) is 13.3. The Morgan fingerprint density at radius 2 is 1.76 bits per heavy atom. The van der Waals surface area contributed by atoms with Crippen LogP contribution in [0.15, 0.2) is 11.6 Å². The SMILES string of the molecule is C[C@@H]1C[C@H]2[C@@H]3CC[C@H](O)[C@@]3(C)CC[C@@H]2[C@@]2(C)CCC3(C=C12)SCCS3. The fourth-order valence-corrected chi connectivity index (χ4v) is 10.9. The molecule has 3 saturated carbocycles. The van der Waals surface area contributed by atoms with Gasteiger partial charge in [-0.05, 0) is 79.4 Å². The van der Waals surface area contributed by atoms with E-state index in [1.165, 1.54) is 50.0 Å². The van der Waals surface area contributed by atoms with E-state index < -0.39 is 0 Å². The zero-order valence-electron chi connectivity index (χ0n) is 16.1. The molecule has 1 heterocycles. The van der Waals surface area contributed by atoms with Gasteiger partial charge < -0.3 is 5.11 Å². The average Bonchev–Trinajstić information content (AvgIpc) is 3.15. The molecular weight excluding hydrogens is 344 g/mol. The summed E-state index contributed by atoms with van der Waals surface area (Å²) in [5.41, 5.74) is 2.47. The van der Waals surface area contributed by atoms with E-state index >= 15 is 0 Å². The van der Waals surface area contributed by atoms with Crippen molar-refractivity contribution in [3.05, 3.63) is 11.6 Å². The number of hydrogen-bond donors (Lipinski definition) is 1. The Labute approximate surface area is 162 Å². The number of aliphatic hydroxyl groups excluding tert-OH is 1. The fourth-order valence-electron chi connectivity index (χ4n) is 7.77. The summed E-state index contributed by atoms with van der Waals surface area (Å²) in [7, 11) is 0. The van der Waals surface area contributed by atoms with Crippen LogP contribution in [-0.2, 0) is 0 Å². The lowest BCUT2D eigenvalue weighted by atomic mass is 9.45. The van der Waals surface area contributed by atoms with Gasteiger partial charge in [-0.2, -0.15) is 0 Å². The topological polar surface area (TPSA) is 20.2 Å². The number of aliphatic hydroxyl groups is 1. The number of rotatable bonds is 0. The molecule has 1 spiro atoms. The first-order chi connectivity index (χ1) is 11.9. The van der Waals surface area contributed by atoms with Crippen molar-refractivity contribution in [2.24, 2.45) is 34.5 Å². The molecular formula is C22H34OS2. The van der Waals surface area contributed by atoms with E-state index in [0.717, 1.165) is 30.1 Å². The first-order valence-electron chi connectivity index (χ1n) is 10.6.